The molecule has 2 aliphatic rings. The number of likely N-dealkylation sites (tertiary alicyclic amines) is 1. The van der Waals surface area contributed by atoms with Crippen LogP contribution >= 0.6 is 11.6 Å². The monoisotopic (exact) mass is 574 g/mol. The number of carboxylic acids is 1. The van der Waals surface area contributed by atoms with Crippen molar-refractivity contribution in [3.8, 4) is 5.75 Å². The number of carboxylic acid groups (broad SMARTS) is 1. The molecular weight excluding hydrogens is 540 g/mol. The second-order valence-electron chi connectivity index (χ2n) is 10.0. The van der Waals surface area contributed by atoms with Crippen LogP contribution < -0.4 is 14.8 Å². The van der Waals surface area contributed by atoms with Crippen molar-refractivity contribution in [2.24, 2.45) is 5.73 Å². The quantitative estimate of drug-likeness (QED) is 0.268. The fourth-order valence-corrected chi connectivity index (χ4v) is 6.69. The second kappa shape index (κ2) is 12.8. The number of carbonyl (C=O) groups is 1. The third-order valence-electron chi connectivity index (χ3n) is 7.24. The number of nitrogen functional groups attached to an aromatic ring is 1. The first kappa shape index (κ1) is 28.9. The molecule has 9 nitrogen and oxygen atoms in total. The lowest BCUT2D eigenvalue weighted by Crippen LogP contribution is -2.43. The molecule has 0 spiro atoms. The van der Waals surface area contributed by atoms with E-state index in [-0.39, 0.29) is 29.2 Å². The van der Waals surface area contributed by atoms with Gasteiger partial charge in [0.05, 0.1) is 17.3 Å². The Morgan fingerprint density at radius 2 is 1.87 bits per heavy atom. The maximum absolute atomic E-state index is 13.0. The summed E-state index contributed by atoms with van der Waals surface area (Å²) in [4.78, 5) is 13.9. The van der Waals surface area contributed by atoms with Gasteiger partial charge in [0.2, 0.25) is 10.0 Å². The Kier molecular flexibility index (Phi) is 9.53. The van der Waals surface area contributed by atoms with E-state index in [2.05, 4.69) is 4.90 Å². The Morgan fingerprint density at radius 3 is 2.51 bits per heavy atom. The number of hydrogen-bond donors (Lipinski definition) is 3. The van der Waals surface area contributed by atoms with Gasteiger partial charge in [0.25, 0.3) is 0 Å². The molecule has 0 aromatic heterocycles. The highest BCUT2D eigenvalue weighted by atomic mass is 35.5. The fourth-order valence-electron chi connectivity index (χ4n) is 5.26. The summed E-state index contributed by atoms with van der Waals surface area (Å²) >= 11 is 6.53. The van der Waals surface area contributed by atoms with E-state index in [1.807, 2.05) is 0 Å². The number of halogens is 1. The third kappa shape index (κ3) is 7.74. The summed E-state index contributed by atoms with van der Waals surface area (Å²) in [5.74, 6) is -2.11. The van der Waals surface area contributed by atoms with Crippen molar-refractivity contribution in [1.82, 2.24) is 4.90 Å². The van der Waals surface area contributed by atoms with Gasteiger partial charge in [0.15, 0.2) is 5.75 Å². The van der Waals surface area contributed by atoms with E-state index in [4.69, 9.17) is 27.5 Å². The zero-order chi connectivity index (χ0) is 28.0. The van der Waals surface area contributed by atoms with Gasteiger partial charge < -0.3 is 20.5 Å². The van der Waals surface area contributed by atoms with Crippen LogP contribution in [0.3, 0.4) is 0 Å². The van der Waals surface area contributed by atoms with Gasteiger partial charge in [-0.2, -0.15) is 0 Å². The van der Waals surface area contributed by atoms with E-state index in [1.54, 1.807) is 48.6 Å². The summed E-state index contributed by atoms with van der Waals surface area (Å²) in [7, 11) is -4.20. The number of anilines is 1. The van der Waals surface area contributed by atoms with Gasteiger partial charge in [0.1, 0.15) is 17.7 Å². The largest absolute Gasteiger partial charge is 0.489 e. The Hall–Kier alpha value is -3.08. The molecule has 4 rings (SSSR count). The van der Waals surface area contributed by atoms with Crippen molar-refractivity contribution in [2.45, 2.75) is 50.7 Å². The normalized spacial score (nSPS) is 17.5. The van der Waals surface area contributed by atoms with Crippen LogP contribution in [0.1, 0.15) is 49.7 Å². The van der Waals surface area contributed by atoms with Crippen molar-refractivity contribution in [1.29, 1.82) is 5.41 Å². The number of benzene rings is 2. The summed E-state index contributed by atoms with van der Waals surface area (Å²) in [5.41, 5.74) is 7.05. The van der Waals surface area contributed by atoms with Crippen LogP contribution in [0.15, 0.2) is 48.5 Å². The van der Waals surface area contributed by atoms with Crippen LogP contribution in [0.25, 0.3) is 6.08 Å². The lowest BCUT2D eigenvalue weighted by molar-refractivity contribution is -0.134. The van der Waals surface area contributed by atoms with Gasteiger partial charge in [-0.05, 0) is 55.5 Å². The highest BCUT2D eigenvalue weighted by Crippen LogP contribution is 2.33. The predicted octanol–water partition coefficient (Wildman–Crippen LogP) is 4.34. The van der Waals surface area contributed by atoms with Crippen molar-refractivity contribution >= 4 is 45.2 Å². The fraction of sp³-hybridized carbons (Fsp3) is 0.429. The van der Waals surface area contributed by atoms with E-state index >= 15 is 0 Å². The Bertz CT molecular complexity index is 1320. The minimum absolute atomic E-state index is 0.0338. The van der Waals surface area contributed by atoms with Gasteiger partial charge in [-0.15, -0.1) is 0 Å². The number of amidine groups is 1. The topological polar surface area (TPSA) is 137 Å². The van der Waals surface area contributed by atoms with Gasteiger partial charge >= 0.3 is 5.97 Å². The highest BCUT2D eigenvalue weighted by molar-refractivity contribution is 7.93. The standard InChI is InChI=1S/C28H35ClN4O5S/c29-25-18-23(10-11-26(25)38-24-12-15-32(16-13-24)22-8-1-2-9-22)33(39(36,37)19-27(34)35)14-4-6-20-5-3-7-21(17-20)28(30)31/h3-7,10-11,17-18,22,24H,1-2,8-9,12-16,19H2,(H3,30,31)(H,34,35). The first-order chi connectivity index (χ1) is 18.6. The number of aliphatic carboxylic acids is 1. The maximum atomic E-state index is 13.0. The molecule has 1 aliphatic heterocycles. The molecule has 0 unspecified atom stereocenters. The van der Waals surface area contributed by atoms with E-state index in [1.165, 1.54) is 31.7 Å². The molecule has 0 atom stereocenters. The molecule has 0 radical (unpaired) electrons. The average molecular weight is 575 g/mol. The molecule has 1 saturated carbocycles. The number of sulfonamides is 1. The van der Waals surface area contributed by atoms with Crippen molar-refractivity contribution in [2.75, 3.05) is 29.7 Å². The van der Waals surface area contributed by atoms with E-state index < -0.39 is 21.7 Å². The molecule has 2 fully saturated rings. The second-order valence-corrected chi connectivity index (χ2v) is 12.3. The van der Waals surface area contributed by atoms with Crippen molar-refractivity contribution in [3.63, 3.8) is 0 Å². The zero-order valence-corrected chi connectivity index (χ0v) is 23.3. The number of nitrogens with two attached hydrogens (primary N) is 1. The van der Waals surface area contributed by atoms with Crippen LogP contribution in [0.2, 0.25) is 5.02 Å². The average Bonchev–Trinajstić information content (AvgIpc) is 3.43. The number of nitrogens with one attached hydrogen (secondary N) is 1. The molecule has 210 valence electrons. The van der Waals surface area contributed by atoms with Crippen LogP contribution in [-0.2, 0) is 14.8 Å². The van der Waals surface area contributed by atoms with Crippen LogP contribution in [0, 0.1) is 5.41 Å². The third-order valence-corrected chi connectivity index (χ3v) is 9.17. The van der Waals surface area contributed by atoms with E-state index in [0.29, 0.717) is 17.4 Å². The summed E-state index contributed by atoms with van der Waals surface area (Å²) in [6.07, 6.45) is 10.3. The number of hydrogen-bond acceptors (Lipinski definition) is 6. The predicted molar refractivity (Wildman–Crippen MR) is 154 cm³/mol. The molecule has 2 aromatic carbocycles. The molecule has 11 heteroatoms. The SMILES string of the molecule is N=C(N)c1cccc(C=CCN(c2ccc(OC3CCN(C4CCCC4)CC3)c(Cl)c2)S(=O)(=O)CC(=O)O)c1. The molecule has 1 heterocycles. The molecule has 0 amide bonds. The van der Waals surface area contributed by atoms with E-state index in [9.17, 15) is 18.3 Å². The first-order valence-corrected chi connectivity index (χ1v) is 15.1. The summed E-state index contributed by atoms with van der Waals surface area (Å²) < 4.78 is 33.1. The highest BCUT2D eigenvalue weighted by Gasteiger charge is 2.29. The smallest absolute Gasteiger partial charge is 0.320 e. The lowest BCUT2D eigenvalue weighted by Gasteiger charge is -2.36. The first-order valence-electron chi connectivity index (χ1n) is 13.2. The zero-order valence-electron chi connectivity index (χ0n) is 21.8. The molecule has 1 aliphatic carbocycles. The molecule has 2 aromatic rings. The van der Waals surface area contributed by atoms with Gasteiger partial charge in [-0.25, -0.2) is 8.42 Å². The number of piperidine rings is 1. The minimum Gasteiger partial charge on any atom is -0.489 e. The minimum atomic E-state index is -4.20. The van der Waals surface area contributed by atoms with Gasteiger partial charge in [0, 0.05) is 24.7 Å². The number of nitrogens with zero attached hydrogens (tertiary/aromatic N) is 2. The molecule has 1 saturated heterocycles. The van der Waals surface area contributed by atoms with Crippen LogP contribution in [0.5, 0.6) is 5.75 Å². The molecular formula is C28H35ClN4O5S. The Morgan fingerprint density at radius 1 is 1.15 bits per heavy atom. The van der Waals surface area contributed by atoms with Crippen molar-refractivity contribution in [3.05, 3.63) is 64.7 Å². The van der Waals surface area contributed by atoms with Crippen LogP contribution in [0.4, 0.5) is 5.69 Å². The van der Waals surface area contributed by atoms with Crippen molar-refractivity contribution < 1.29 is 23.1 Å². The summed E-state index contributed by atoms with van der Waals surface area (Å²) in [6, 6.07) is 12.4. The Labute approximate surface area is 234 Å². The van der Waals surface area contributed by atoms with E-state index in [0.717, 1.165) is 35.8 Å². The lowest BCUT2D eigenvalue weighted by atomic mass is 10.0. The summed E-state index contributed by atoms with van der Waals surface area (Å²) in [6.45, 7) is 1.87. The molecule has 0 bridgehead atoms. The van der Waals surface area contributed by atoms with Crippen LogP contribution in [-0.4, -0.2) is 67.8 Å². The van der Waals surface area contributed by atoms with Gasteiger partial charge in [-0.1, -0.05) is 54.8 Å². The Balaban J connectivity index is 1.47. The summed E-state index contributed by atoms with van der Waals surface area (Å²) in [5, 5.41) is 17.0. The molecule has 39 heavy (non-hydrogen) atoms. The number of rotatable bonds is 11. The number of ether oxygens (including phenoxy) is 1. The molecule has 4 N–H and O–H groups in total. The van der Waals surface area contributed by atoms with Gasteiger partial charge in [-0.3, -0.25) is 14.5 Å². The maximum Gasteiger partial charge on any atom is 0.320 e.